The van der Waals surface area contributed by atoms with E-state index in [1.54, 1.807) is 23.5 Å². The number of anilines is 2. The Bertz CT molecular complexity index is 1010. The smallest absolute Gasteiger partial charge is 0.237 e. The molecule has 1 atom stereocenters. The monoisotopic (exact) mass is 395 g/mol. The fourth-order valence-corrected chi connectivity index (χ4v) is 4.12. The number of thiazole rings is 1. The Hall–Kier alpha value is -3.14. The van der Waals surface area contributed by atoms with Crippen molar-refractivity contribution in [3.8, 4) is 16.8 Å². The Kier molecular flexibility index (Phi) is 4.63. The number of nitrogens with zero attached hydrogens (tertiary/aromatic N) is 7. The lowest BCUT2D eigenvalue weighted by Crippen LogP contribution is -2.55. The van der Waals surface area contributed by atoms with Crippen molar-refractivity contribution in [3.05, 3.63) is 30.2 Å². The number of aromatic nitrogens is 5. The van der Waals surface area contributed by atoms with Gasteiger partial charge in [-0.25, -0.2) is 15.0 Å². The highest BCUT2D eigenvalue weighted by molar-refractivity contribution is 7.13. The molecule has 144 valence electrons. The lowest BCUT2D eigenvalue weighted by molar-refractivity contribution is 0.596. The Morgan fingerprint density at radius 2 is 2.07 bits per heavy atom. The molecule has 4 rings (SSSR count). The quantitative estimate of drug-likeness (QED) is 0.507. The second-order valence-electron chi connectivity index (χ2n) is 6.65. The van der Waals surface area contributed by atoms with E-state index in [1.807, 2.05) is 23.1 Å². The lowest BCUT2D eigenvalue weighted by atomic mass is 10.0. The summed E-state index contributed by atoms with van der Waals surface area (Å²) in [4.78, 5) is 21.8. The third kappa shape index (κ3) is 2.76. The van der Waals surface area contributed by atoms with Crippen LogP contribution >= 0.6 is 11.3 Å². The molecule has 0 radical (unpaired) electrons. The molecule has 1 aliphatic heterocycles. The Labute approximate surface area is 166 Å². The van der Waals surface area contributed by atoms with E-state index in [1.165, 1.54) is 11.3 Å². The molecule has 0 bridgehead atoms. The first kappa shape index (κ1) is 18.2. The van der Waals surface area contributed by atoms with Crippen LogP contribution in [0, 0.1) is 10.8 Å². The maximum absolute atomic E-state index is 8.53. The normalized spacial score (nSPS) is 16.6. The van der Waals surface area contributed by atoms with Crippen LogP contribution in [0.5, 0.6) is 0 Å². The molecule has 0 spiro atoms. The second-order valence-corrected chi connectivity index (χ2v) is 7.54. The van der Waals surface area contributed by atoms with Gasteiger partial charge in [-0.2, -0.15) is 4.98 Å². The van der Waals surface area contributed by atoms with E-state index in [0.717, 1.165) is 17.8 Å². The first-order chi connectivity index (χ1) is 13.6. The van der Waals surface area contributed by atoms with Gasteiger partial charge in [-0.3, -0.25) is 20.3 Å². The number of fused-ring (bicyclic) bond motifs is 1. The van der Waals surface area contributed by atoms with Crippen LogP contribution in [0.1, 0.15) is 27.2 Å². The summed E-state index contributed by atoms with van der Waals surface area (Å²) in [5.74, 6) is 2.25. The molecule has 3 aromatic rings. The predicted molar refractivity (Wildman–Crippen MR) is 111 cm³/mol. The topological polar surface area (TPSA) is 111 Å². The zero-order valence-corrected chi connectivity index (χ0v) is 16.7. The molecule has 4 heterocycles. The summed E-state index contributed by atoms with van der Waals surface area (Å²) in [6, 6.07) is -0.0148. The van der Waals surface area contributed by atoms with Crippen molar-refractivity contribution < 1.29 is 0 Å². The minimum absolute atomic E-state index is 0.140. The van der Waals surface area contributed by atoms with Gasteiger partial charge < -0.3 is 4.90 Å². The van der Waals surface area contributed by atoms with Crippen molar-refractivity contribution in [2.45, 2.75) is 39.3 Å². The van der Waals surface area contributed by atoms with Crippen molar-refractivity contribution in [3.63, 3.8) is 0 Å². The van der Waals surface area contributed by atoms with Crippen LogP contribution in [-0.2, 0) is 0 Å². The average Bonchev–Trinajstić information content (AvgIpc) is 3.37. The molecule has 0 aromatic carbocycles. The summed E-state index contributed by atoms with van der Waals surface area (Å²) in [7, 11) is 0. The molecule has 9 nitrogen and oxygen atoms in total. The highest BCUT2D eigenvalue weighted by Crippen LogP contribution is 2.36. The number of rotatable bonds is 5. The highest BCUT2D eigenvalue weighted by atomic mass is 32.1. The van der Waals surface area contributed by atoms with E-state index in [-0.39, 0.29) is 12.1 Å². The van der Waals surface area contributed by atoms with E-state index in [4.69, 9.17) is 15.8 Å². The third-order valence-electron chi connectivity index (χ3n) is 4.70. The van der Waals surface area contributed by atoms with Gasteiger partial charge >= 0.3 is 0 Å². The Morgan fingerprint density at radius 3 is 2.71 bits per heavy atom. The van der Waals surface area contributed by atoms with Crippen molar-refractivity contribution in [1.82, 2.24) is 24.5 Å². The van der Waals surface area contributed by atoms with E-state index in [0.29, 0.717) is 29.1 Å². The molecular formula is C18H21N9S. The van der Waals surface area contributed by atoms with Crippen LogP contribution in [0.15, 0.2) is 30.2 Å². The molecule has 0 fully saturated rings. The van der Waals surface area contributed by atoms with Crippen molar-refractivity contribution in [2.75, 3.05) is 9.80 Å². The van der Waals surface area contributed by atoms with Gasteiger partial charge in [-0.15, -0.1) is 11.3 Å². The lowest BCUT2D eigenvalue weighted by Gasteiger charge is -2.44. The zero-order valence-electron chi connectivity index (χ0n) is 15.9. The number of nitrogens with one attached hydrogen (secondary N) is 2. The summed E-state index contributed by atoms with van der Waals surface area (Å²) >= 11 is 1.51. The number of hydrogen-bond donors (Lipinski definition) is 2. The van der Waals surface area contributed by atoms with E-state index >= 15 is 0 Å². The molecule has 2 N–H and O–H groups in total. The average molecular weight is 395 g/mol. The fraction of sp³-hybridized carbons (Fsp3) is 0.333. The zero-order chi connectivity index (χ0) is 19.8. The van der Waals surface area contributed by atoms with Crippen LogP contribution < -0.4 is 9.80 Å². The molecule has 0 saturated heterocycles. The predicted octanol–water partition coefficient (Wildman–Crippen LogP) is 3.18. The molecule has 0 saturated carbocycles. The molecule has 0 aliphatic carbocycles. The minimum Gasteiger partial charge on any atom is -0.342 e. The molecule has 1 aliphatic rings. The molecule has 0 amide bonds. The maximum atomic E-state index is 8.53. The summed E-state index contributed by atoms with van der Waals surface area (Å²) in [6.45, 7) is 6.21. The SMILES string of the molecule is CC[C@@H]1C(=N)N(C=N)c2cnc(-n3ccnc3-c3nccs3)nc2N1C(C)C. The molecule has 28 heavy (non-hydrogen) atoms. The van der Waals surface area contributed by atoms with Crippen LogP contribution in [0.4, 0.5) is 11.5 Å². The van der Waals surface area contributed by atoms with Gasteiger partial charge in [-0.05, 0) is 20.3 Å². The molecule has 0 unspecified atom stereocenters. The van der Waals surface area contributed by atoms with Gasteiger partial charge in [0, 0.05) is 30.0 Å². The van der Waals surface area contributed by atoms with Crippen LogP contribution in [0.25, 0.3) is 16.8 Å². The van der Waals surface area contributed by atoms with Crippen molar-refractivity contribution in [2.24, 2.45) is 0 Å². The second kappa shape index (κ2) is 7.12. The Morgan fingerprint density at radius 1 is 1.25 bits per heavy atom. The van der Waals surface area contributed by atoms with Gasteiger partial charge in [0.25, 0.3) is 0 Å². The van der Waals surface area contributed by atoms with E-state index in [2.05, 4.69) is 33.7 Å². The standard InChI is InChI=1S/C18H21N9S/c1-4-12-14(20)26(10-19)13-9-23-18(24-15(13)27(12)11(2)3)25-7-5-21-16(25)17-22-6-8-28-17/h5-12,19-20H,4H2,1-3H3/t12-/m1/s1. The van der Waals surface area contributed by atoms with Crippen LogP contribution in [-0.4, -0.2) is 48.8 Å². The van der Waals surface area contributed by atoms with Crippen molar-refractivity contribution in [1.29, 1.82) is 10.8 Å². The molecule has 10 heteroatoms. The van der Waals surface area contributed by atoms with E-state index < -0.39 is 0 Å². The minimum atomic E-state index is -0.155. The van der Waals surface area contributed by atoms with Gasteiger partial charge in [-0.1, -0.05) is 6.92 Å². The molecule has 3 aromatic heterocycles. The van der Waals surface area contributed by atoms with Crippen molar-refractivity contribution >= 4 is 35.0 Å². The van der Waals surface area contributed by atoms with Gasteiger partial charge in [0.05, 0.1) is 18.6 Å². The van der Waals surface area contributed by atoms with Gasteiger partial charge in [0.2, 0.25) is 5.95 Å². The number of hydrogen-bond acceptors (Lipinski definition) is 8. The number of imidazole rings is 1. The summed E-state index contributed by atoms with van der Waals surface area (Å²) in [6.07, 6.45) is 8.83. The summed E-state index contributed by atoms with van der Waals surface area (Å²) in [5.41, 5.74) is 0.637. The maximum Gasteiger partial charge on any atom is 0.237 e. The fourth-order valence-electron chi connectivity index (χ4n) is 3.49. The first-order valence-electron chi connectivity index (χ1n) is 9.04. The summed E-state index contributed by atoms with van der Waals surface area (Å²) in [5, 5.41) is 19.0. The summed E-state index contributed by atoms with van der Waals surface area (Å²) < 4.78 is 1.81. The van der Waals surface area contributed by atoms with E-state index in [9.17, 15) is 0 Å². The van der Waals surface area contributed by atoms with Gasteiger partial charge in [0.1, 0.15) is 11.5 Å². The Balaban J connectivity index is 1.88. The van der Waals surface area contributed by atoms with Gasteiger partial charge in [0.15, 0.2) is 16.6 Å². The van der Waals surface area contributed by atoms with Crippen LogP contribution in [0.3, 0.4) is 0 Å². The third-order valence-corrected chi connectivity index (χ3v) is 5.47. The highest BCUT2D eigenvalue weighted by Gasteiger charge is 2.37. The first-order valence-corrected chi connectivity index (χ1v) is 9.92. The number of amidine groups is 1. The molecular weight excluding hydrogens is 374 g/mol. The van der Waals surface area contributed by atoms with Crippen LogP contribution in [0.2, 0.25) is 0 Å². The largest absolute Gasteiger partial charge is 0.342 e.